The highest BCUT2D eigenvalue weighted by Gasteiger charge is 2.30. The van der Waals surface area contributed by atoms with Gasteiger partial charge in [-0.05, 0) is 154 Å². The predicted molar refractivity (Wildman–Crippen MR) is 528 cm³/mol. The average molecular weight is 1790 g/mol. The number of phosphoric ester groups is 2. The molecule has 0 aliphatic rings. The lowest BCUT2D eigenvalue weighted by Gasteiger charge is -2.21. The summed E-state index contributed by atoms with van der Waals surface area (Å²) in [6.45, 7) is 2.58. The third kappa shape index (κ3) is 99.6. The van der Waals surface area contributed by atoms with Gasteiger partial charge in [-0.25, -0.2) is 9.13 Å². The molecule has 0 saturated heterocycles. The van der Waals surface area contributed by atoms with Crippen molar-refractivity contribution < 1.29 is 75.8 Å². The molecule has 5 atom stereocenters. The van der Waals surface area contributed by atoms with E-state index >= 15 is 0 Å². The minimum atomic E-state index is -4.95. The molecule has 0 rings (SSSR count). The first kappa shape index (κ1) is 120. The molecule has 0 bridgehead atoms. The number of carbonyl (C=O) groups is 3. The van der Waals surface area contributed by atoms with Gasteiger partial charge in [0.1, 0.15) is 25.4 Å². The molecule has 5 unspecified atom stereocenters. The SMILES string of the molecule is CC/C=C\C/C=C\C/C=C\C/C=C\C/C=C\CCCCCCCCCCCCCCCCCCCCCC(=O)OCC(O)COP(=O)(O)OCC(O)COP(=O)(O)OCC(COC(=O)CCCCCCCCCCCCCCC/C=C\C/C=C\C/C=C\C/C=C\CCCCC)OC(=O)CCCCCCCCCCC/C=C\C/C=C\C/C=C\C/C=C\CCCCC. The van der Waals surface area contributed by atoms with Crippen molar-refractivity contribution in [3.63, 3.8) is 0 Å². The number of unbranched alkanes of at least 4 members (excludes halogenated alkanes) is 47. The van der Waals surface area contributed by atoms with Gasteiger partial charge in [-0.3, -0.25) is 32.5 Å². The lowest BCUT2D eigenvalue weighted by molar-refractivity contribution is -0.161. The van der Waals surface area contributed by atoms with Crippen molar-refractivity contribution in [2.45, 2.75) is 463 Å². The fourth-order valence-electron chi connectivity index (χ4n) is 14.0. The van der Waals surface area contributed by atoms with Crippen molar-refractivity contribution in [2.24, 2.45) is 0 Å². The van der Waals surface area contributed by atoms with Crippen molar-refractivity contribution in [1.29, 1.82) is 0 Å². The molecule has 720 valence electrons. The molecule has 0 amide bonds. The van der Waals surface area contributed by atoms with Crippen LogP contribution < -0.4 is 0 Å². The van der Waals surface area contributed by atoms with Crippen molar-refractivity contribution in [3.8, 4) is 0 Å². The number of carbonyl (C=O) groups excluding carboxylic acids is 3. The summed E-state index contributed by atoms with van der Waals surface area (Å²) >= 11 is 0. The Labute approximate surface area is 765 Å². The molecule has 0 heterocycles. The number of phosphoric acid groups is 2. The van der Waals surface area contributed by atoms with Crippen LogP contribution in [-0.4, -0.2) is 95.9 Å². The first-order valence-corrected chi connectivity index (χ1v) is 53.8. The predicted octanol–water partition coefficient (Wildman–Crippen LogP) is 32.0. The van der Waals surface area contributed by atoms with Gasteiger partial charge < -0.3 is 34.2 Å². The van der Waals surface area contributed by atoms with Gasteiger partial charge in [0.25, 0.3) is 0 Å². The Balaban J connectivity index is 4.56. The van der Waals surface area contributed by atoms with Crippen molar-refractivity contribution >= 4 is 33.6 Å². The van der Waals surface area contributed by atoms with Crippen LogP contribution in [0.25, 0.3) is 0 Å². The third-order valence-electron chi connectivity index (χ3n) is 21.7. The topological polar surface area (TPSA) is 231 Å². The van der Waals surface area contributed by atoms with Crippen molar-refractivity contribution in [3.05, 3.63) is 158 Å². The maximum atomic E-state index is 13.1. The van der Waals surface area contributed by atoms with Crippen molar-refractivity contribution in [1.82, 2.24) is 0 Å². The highest BCUT2D eigenvalue weighted by atomic mass is 31.2. The van der Waals surface area contributed by atoms with Gasteiger partial charge in [-0.15, -0.1) is 0 Å². The van der Waals surface area contributed by atoms with E-state index < -0.39 is 91.5 Å². The van der Waals surface area contributed by atoms with E-state index in [1.165, 1.54) is 231 Å². The zero-order valence-electron chi connectivity index (χ0n) is 79.7. The molecule has 125 heavy (non-hydrogen) atoms. The van der Waals surface area contributed by atoms with Gasteiger partial charge in [-0.1, -0.05) is 429 Å². The van der Waals surface area contributed by atoms with E-state index in [4.69, 9.17) is 32.3 Å². The average Bonchev–Trinajstić information content (AvgIpc) is 0.897. The molecule has 0 aromatic rings. The lowest BCUT2D eigenvalue weighted by Crippen LogP contribution is -2.30. The van der Waals surface area contributed by atoms with Crippen LogP contribution in [0.2, 0.25) is 0 Å². The second-order valence-electron chi connectivity index (χ2n) is 33.9. The number of esters is 3. The molecular weight excluding hydrogens is 1600 g/mol. The molecule has 4 N–H and O–H groups in total. The number of allylic oxidation sites excluding steroid dienone is 26. The minimum absolute atomic E-state index is 0.0953. The first-order valence-electron chi connectivity index (χ1n) is 50.8. The summed E-state index contributed by atoms with van der Waals surface area (Å²) in [5.41, 5.74) is 0. The van der Waals surface area contributed by atoms with Crippen LogP contribution in [0.15, 0.2) is 158 Å². The van der Waals surface area contributed by atoms with E-state index in [1.54, 1.807) is 0 Å². The maximum absolute atomic E-state index is 13.1. The summed E-state index contributed by atoms with van der Waals surface area (Å²) in [4.78, 5) is 59.2. The summed E-state index contributed by atoms with van der Waals surface area (Å²) in [6.07, 6.45) is 127. The molecule has 0 aliphatic carbocycles. The van der Waals surface area contributed by atoms with Crippen LogP contribution in [-0.2, 0) is 55.8 Å². The molecule has 0 fully saturated rings. The van der Waals surface area contributed by atoms with Gasteiger partial charge in [0.05, 0.1) is 26.4 Å². The third-order valence-corrected chi connectivity index (χ3v) is 23.6. The van der Waals surface area contributed by atoms with Gasteiger partial charge in [0, 0.05) is 19.3 Å². The molecule has 0 spiro atoms. The van der Waals surface area contributed by atoms with E-state index in [1.807, 2.05) is 0 Å². The Morgan fingerprint density at radius 1 is 0.232 bits per heavy atom. The summed E-state index contributed by atoms with van der Waals surface area (Å²) in [7, 11) is -9.82. The second-order valence-corrected chi connectivity index (χ2v) is 36.8. The standard InChI is InChI=1S/C107H186O16P2/c1-4-7-10-13-16-19-22-25-28-31-34-37-40-43-45-47-48-49-50-51-52-54-56-58-60-63-66-69-72-75-78-81-84-87-90-93-105(110)117-96-102(108)97-119-124(113,114)120-98-103(109)99-121-125(115,116)122-101-104(123-107(112)95-92-89-86-83-80-77-74-71-68-65-62-57-42-39-36-33-30-27-24-21-18-15-12-9-6-3)100-118-106(111)94-91-88-85-82-79-76-73-70-67-64-61-59-55-53-46-44-41-38-35-32-29-26-23-20-17-14-11-8-5-2/h7,10,16-21,25-30,34-39,43-46,57,62,102-104,108-109H,4-6,8-9,11-15,22-24,31-33,40-42,47-56,58-61,63-101H2,1-3H3,(H,113,114)(H,115,116)/b10-7-,19-16-,20-17-,21-18-,28-25-,29-26-,30-27-,37-34-,38-35-,39-36-,45-43-,46-44-,62-57-. The number of hydrogen-bond acceptors (Lipinski definition) is 14. The fraction of sp³-hybridized carbons (Fsp3) is 0.729. The minimum Gasteiger partial charge on any atom is -0.463 e. The largest absolute Gasteiger partial charge is 0.472 e. The molecule has 16 nitrogen and oxygen atoms in total. The molecule has 0 aromatic carbocycles. The Morgan fingerprint density at radius 2 is 0.424 bits per heavy atom. The monoisotopic (exact) mass is 1790 g/mol. The zero-order valence-corrected chi connectivity index (χ0v) is 81.5. The highest BCUT2D eigenvalue weighted by Crippen LogP contribution is 2.45. The smallest absolute Gasteiger partial charge is 0.463 e. The molecule has 0 radical (unpaired) electrons. The molecule has 0 saturated carbocycles. The number of rotatable bonds is 96. The van der Waals surface area contributed by atoms with E-state index in [0.29, 0.717) is 19.3 Å². The van der Waals surface area contributed by atoms with E-state index in [9.17, 15) is 43.5 Å². The molecule has 0 aromatic heterocycles. The number of aliphatic hydroxyl groups is 2. The maximum Gasteiger partial charge on any atom is 0.472 e. The quantitative estimate of drug-likeness (QED) is 0.0146. The summed E-state index contributed by atoms with van der Waals surface area (Å²) in [6, 6.07) is 0. The van der Waals surface area contributed by atoms with Crippen LogP contribution in [0.1, 0.15) is 445 Å². The number of hydrogen-bond donors (Lipinski definition) is 4. The van der Waals surface area contributed by atoms with Crippen LogP contribution in [0, 0.1) is 0 Å². The lowest BCUT2D eigenvalue weighted by atomic mass is 10.0. The Kier molecular flexibility index (Phi) is 94.4. The first-order chi connectivity index (χ1) is 61.2. The molecular formula is C107H186O16P2. The van der Waals surface area contributed by atoms with Crippen molar-refractivity contribution in [2.75, 3.05) is 39.6 Å². The normalized spacial score (nSPS) is 14.3. The van der Waals surface area contributed by atoms with Crippen LogP contribution in [0.3, 0.4) is 0 Å². The van der Waals surface area contributed by atoms with Crippen LogP contribution in [0.4, 0.5) is 0 Å². The number of aliphatic hydroxyl groups excluding tert-OH is 2. The molecule has 0 aliphatic heterocycles. The van der Waals surface area contributed by atoms with Gasteiger partial charge in [0.2, 0.25) is 0 Å². The Morgan fingerprint density at radius 3 is 0.672 bits per heavy atom. The zero-order chi connectivity index (χ0) is 90.7. The van der Waals surface area contributed by atoms with Crippen LogP contribution >= 0.6 is 15.6 Å². The Bertz CT molecular complexity index is 2900. The van der Waals surface area contributed by atoms with Gasteiger partial charge in [0.15, 0.2) is 6.10 Å². The summed E-state index contributed by atoms with van der Waals surface area (Å²) in [5.74, 6) is -1.56. The van der Waals surface area contributed by atoms with Crippen LogP contribution in [0.5, 0.6) is 0 Å². The Hall–Kier alpha value is -4.83. The summed E-state index contributed by atoms with van der Waals surface area (Å²) in [5, 5.41) is 20.8. The number of ether oxygens (including phenoxy) is 3. The fourth-order valence-corrected chi connectivity index (χ4v) is 15.6. The van der Waals surface area contributed by atoms with Gasteiger partial charge >= 0.3 is 33.6 Å². The van der Waals surface area contributed by atoms with Gasteiger partial charge in [-0.2, -0.15) is 0 Å². The van der Waals surface area contributed by atoms with E-state index in [-0.39, 0.29) is 19.3 Å². The summed E-state index contributed by atoms with van der Waals surface area (Å²) < 4.78 is 61.7. The highest BCUT2D eigenvalue weighted by molar-refractivity contribution is 7.47. The second kappa shape index (κ2) is 98.2. The molecule has 18 heteroatoms. The van der Waals surface area contributed by atoms with E-state index in [0.717, 1.165) is 154 Å². The van der Waals surface area contributed by atoms with E-state index in [2.05, 4.69) is 179 Å².